The van der Waals surface area contributed by atoms with Gasteiger partial charge in [0, 0.05) is 18.8 Å². The van der Waals surface area contributed by atoms with E-state index >= 15 is 0 Å². The molecular weight excluding hydrogens is 322 g/mol. The average Bonchev–Trinajstić information content (AvgIpc) is 2.36. The van der Waals surface area contributed by atoms with Crippen LogP contribution >= 0.6 is 0 Å². The van der Waals surface area contributed by atoms with Crippen molar-refractivity contribution in [2.24, 2.45) is 5.92 Å². The molecule has 0 amide bonds. The smallest absolute Gasteiger partial charge is 0.224 e. The topological polar surface area (TPSA) is 71.5 Å². The lowest BCUT2D eigenvalue weighted by molar-refractivity contribution is 0.220. The first kappa shape index (κ1) is 17.4. The fraction of sp³-hybridized carbons (Fsp3) is 0.600. The van der Waals surface area contributed by atoms with Crippen LogP contribution in [-0.2, 0) is 19.9 Å². The van der Waals surface area contributed by atoms with Crippen molar-refractivity contribution in [1.29, 1.82) is 0 Å². The second-order valence-corrected chi connectivity index (χ2v) is 10.2. The van der Waals surface area contributed by atoms with Crippen LogP contribution in [-0.4, -0.2) is 40.0 Å². The van der Waals surface area contributed by atoms with Gasteiger partial charge in [-0.2, -0.15) is 4.31 Å². The number of rotatable bonds is 3. The molecule has 22 heavy (non-hydrogen) atoms. The summed E-state index contributed by atoms with van der Waals surface area (Å²) in [6.45, 7) is 6.20. The minimum absolute atomic E-state index is 0.0368. The summed E-state index contributed by atoms with van der Waals surface area (Å²) in [4.78, 5) is 0.131. The molecule has 1 fully saturated rings. The van der Waals surface area contributed by atoms with E-state index in [1.165, 1.54) is 16.4 Å². The van der Waals surface area contributed by atoms with Crippen molar-refractivity contribution in [2.75, 3.05) is 12.8 Å². The molecule has 5 nitrogen and oxygen atoms in total. The van der Waals surface area contributed by atoms with Crippen molar-refractivity contribution in [3.05, 3.63) is 23.8 Å². The second-order valence-electron chi connectivity index (χ2n) is 6.29. The highest BCUT2D eigenvalue weighted by Crippen LogP contribution is 2.30. The molecule has 0 aromatic heterocycles. The molecule has 0 bridgehead atoms. The molecule has 2 atom stereocenters. The van der Waals surface area contributed by atoms with Gasteiger partial charge in [0.1, 0.15) is 0 Å². The molecule has 1 heterocycles. The van der Waals surface area contributed by atoms with Gasteiger partial charge in [0.15, 0.2) is 9.84 Å². The molecule has 0 unspecified atom stereocenters. The van der Waals surface area contributed by atoms with Crippen LogP contribution < -0.4 is 0 Å². The molecule has 0 spiro atoms. The van der Waals surface area contributed by atoms with E-state index in [4.69, 9.17) is 0 Å². The van der Waals surface area contributed by atoms with Crippen molar-refractivity contribution >= 4 is 19.9 Å². The highest BCUT2D eigenvalue weighted by molar-refractivity contribution is 7.91. The predicted molar refractivity (Wildman–Crippen MR) is 86.0 cm³/mol. The van der Waals surface area contributed by atoms with E-state index in [2.05, 4.69) is 6.92 Å². The number of aryl methyl sites for hydroxylation is 1. The van der Waals surface area contributed by atoms with Crippen LogP contribution in [0.1, 0.15) is 32.3 Å². The molecule has 124 valence electrons. The van der Waals surface area contributed by atoms with Gasteiger partial charge in [-0.25, -0.2) is 16.8 Å². The van der Waals surface area contributed by atoms with E-state index in [1.54, 1.807) is 13.0 Å². The first-order chi connectivity index (χ1) is 10.0. The van der Waals surface area contributed by atoms with Gasteiger partial charge in [-0.05, 0) is 50.3 Å². The van der Waals surface area contributed by atoms with E-state index in [1.807, 2.05) is 6.92 Å². The van der Waals surface area contributed by atoms with Gasteiger partial charge in [0.25, 0.3) is 0 Å². The molecule has 0 saturated carbocycles. The molecule has 0 radical (unpaired) electrons. The molecule has 1 saturated heterocycles. The molecule has 7 heteroatoms. The summed E-state index contributed by atoms with van der Waals surface area (Å²) in [5.74, 6) is 0.505. The number of hydrogen-bond acceptors (Lipinski definition) is 4. The molecule has 1 aromatic carbocycles. The standard InChI is InChI=1S/C15H23NO4S2/c1-11-7-8-16(13(3)9-11)22(19,20)15-10-14(21(4,17)18)6-5-12(15)2/h5-6,10-11,13H,7-9H2,1-4H3/t11-,13-/m0/s1. The summed E-state index contributed by atoms with van der Waals surface area (Å²) in [5.41, 5.74) is 0.568. The molecule has 1 aliphatic heterocycles. The van der Waals surface area contributed by atoms with Crippen molar-refractivity contribution in [1.82, 2.24) is 4.31 Å². The third-order valence-corrected chi connectivity index (χ3v) is 7.52. The molecule has 1 aromatic rings. The van der Waals surface area contributed by atoms with E-state index in [-0.39, 0.29) is 15.8 Å². The highest BCUT2D eigenvalue weighted by atomic mass is 32.2. The summed E-state index contributed by atoms with van der Waals surface area (Å²) in [6, 6.07) is 4.21. The number of hydrogen-bond donors (Lipinski definition) is 0. The van der Waals surface area contributed by atoms with Crippen LogP contribution in [0.3, 0.4) is 0 Å². The van der Waals surface area contributed by atoms with Crippen molar-refractivity contribution in [3.63, 3.8) is 0 Å². The van der Waals surface area contributed by atoms with Crippen LogP contribution in [0.25, 0.3) is 0 Å². The average molecular weight is 345 g/mol. The molecule has 0 aliphatic carbocycles. The summed E-state index contributed by atoms with van der Waals surface area (Å²) in [7, 11) is -7.12. The normalized spacial score (nSPS) is 24.4. The Morgan fingerprint density at radius 2 is 1.77 bits per heavy atom. The summed E-state index contributed by atoms with van der Waals surface area (Å²) < 4.78 is 50.8. The summed E-state index contributed by atoms with van der Waals surface area (Å²) >= 11 is 0. The Kier molecular flexibility index (Phi) is 4.71. The summed E-state index contributed by atoms with van der Waals surface area (Å²) in [5, 5.41) is 0. The number of sulfone groups is 1. The number of benzene rings is 1. The molecular formula is C15H23NO4S2. The second kappa shape index (κ2) is 5.94. The highest BCUT2D eigenvalue weighted by Gasteiger charge is 2.34. The monoisotopic (exact) mass is 345 g/mol. The van der Waals surface area contributed by atoms with E-state index in [0.29, 0.717) is 18.0 Å². The Labute approximate surface area is 133 Å². The van der Waals surface area contributed by atoms with Crippen LogP contribution in [0.5, 0.6) is 0 Å². The lowest BCUT2D eigenvalue weighted by Gasteiger charge is -2.35. The Morgan fingerprint density at radius 1 is 1.14 bits per heavy atom. The fourth-order valence-corrected chi connectivity index (χ4v) is 5.59. The maximum absolute atomic E-state index is 12.9. The van der Waals surface area contributed by atoms with Gasteiger partial charge < -0.3 is 0 Å². The largest absolute Gasteiger partial charge is 0.243 e. The van der Waals surface area contributed by atoms with Crippen LogP contribution in [0.2, 0.25) is 0 Å². The Bertz CT molecular complexity index is 769. The predicted octanol–water partition coefficient (Wildman–Crippen LogP) is 2.21. The Morgan fingerprint density at radius 3 is 2.32 bits per heavy atom. The zero-order valence-corrected chi connectivity index (χ0v) is 15.0. The number of sulfonamides is 1. The minimum atomic E-state index is -3.68. The fourth-order valence-electron chi connectivity index (χ4n) is 2.96. The van der Waals surface area contributed by atoms with Gasteiger partial charge in [-0.15, -0.1) is 0 Å². The maximum atomic E-state index is 12.9. The maximum Gasteiger partial charge on any atom is 0.243 e. The van der Waals surface area contributed by atoms with Gasteiger partial charge in [-0.1, -0.05) is 13.0 Å². The van der Waals surface area contributed by atoms with E-state index in [0.717, 1.165) is 19.1 Å². The first-order valence-corrected chi connectivity index (χ1v) is 10.7. The lowest BCUT2D eigenvalue weighted by Crippen LogP contribution is -2.44. The minimum Gasteiger partial charge on any atom is -0.224 e. The van der Waals surface area contributed by atoms with Crippen molar-refractivity contribution in [3.8, 4) is 0 Å². The van der Waals surface area contributed by atoms with Gasteiger partial charge in [-0.3, -0.25) is 0 Å². The molecule has 0 N–H and O–H groups in total. The Balaban J connectivity index is 2.50. The number of nitrogens with zero attached hydrogens (tertiary/aromatic N) is 1. The van der Waals surface area contributed by atoms with Crippen LogP contribution in [0.4, 0.5) is 0 Å². The Hall–Kier alpha value is -0.920. The molecule has 2 rings (SSSR count). The van der Waals surface area contributed by atoms with Crippen molar-refractivity contribution < 1.29 is 16.8 Å². The van der Waals surface area contributed by atoms with Gasteiger partial charge in [0.2, 0.25) is 10.0 Å². The van der Waals surface area contributed by atoms with Crippen molar-refractivity contribution in [2.45, 2.75) is 49.4 Å². The first-order valence-electron chi connectivity index (χ1n) is 7.36. The third kappa shape index (κ3) is 3.36. The SMILES string of the molecule is Cc1ccc(S(C)(=O)=O)cc1S(=O)(=O)N1CC[C@H](C)C[C@@H]1C. The van der Waals surface area contributed by atoms with Gasteiger partial charge in [0.05, 0.1) is 9.79 Å². The summed E-state index contributed by atoms with van der Waals surface area (Å²) in [6.07, 6.45) is 2.73. The van der Waals surface area contributed by atoms with Crippen LogP contribution in [0.15, 0.2) is 28.0 Å². The number of piperidine rings is 1. The molecule has 1 aliphatic rings. The van der Waals surface area contributed by atoms with E-state index < -0.39 is 19.9 Å². The van der Waals surface area contributed by atoms with Crippen LogP contribution in [0, 0.1) is 12.8 Å². The quantitative estimate of drug-likeness (QED) is 0.842. The zero-order valence-electron chi connectivity index (χ0n) is 13.4. The van der Waals surface area contributed by atoms with Gasteiger partial charge >= 0.3 is 0 Å². The van der Waals surface area contributed by atoms with E-state index in [9.17, 15) is 16.8 Å². The zero-order chi connectivity index (χ0) is 16.7. The lowest BCUT2D eigenvalue weighted by atomic mass is 9.95. The third-order valence-electron chi connectivity index (χ3n) is 4.25.